The number of ketones is 1. The van der Waals surface area contributed by atoms with Crippen LogP contribution in [0.15, 0.2) is 0 Å². The molecule has 0 saturated carbocycles. The van der Waals surface area contributed by atoms with Crippen LogP contribution in [0.4, 0.5) is 4.79 Å². The van der Waals surface area contributed by atoms with Crippen LogP contribution < -0.4 is 5.32 Å². The lowest BCUT2D eigenvalue weighted by atomic mass is 10.2. The van der Waals surface area contributed by atoms with Crippen LogP contribution in [0.5, 0.6) is 0 Å². The van der Waals surface area contributed by atoms with Crippen LogP contribution in [0.25, 0.3) is 0 Å². The molecule has 0 heterocycles. The van der Waals surface area contributed by atoms with E-state index in [1.807, 2.05) is 13.8 Å². The molecule has 1 unspecified atom stereocenters. The van der Waals surface area contributed by atoms with Crippen molar-refractivity contribution in [3.8, 4) is 0 Å². The van der Waals surface area contributed by atoms with Gasteiger partial charge in [0.1, 0.15) is 5.78 Å². The molecular weight excluding hydrogens is 210 g/mol. The summed E-state index contributed by atoms with van der Waals surface area (Å²) in [6.45, 7) is 7.41. The highest BCUT2D eigenvalue weighted by Crippen LogP contribution is 1.93. The van der Waals surface area contributed by atoms with Gasteiger partial charge in [-0.2, -0.15) is 0 Å². The molecule has 0 aliphatic heterocycles. The molecule has 0 rings (SSSR count). The fraction of sp³-hybridized carbons (Fsp3) is 0.818. The van der Waals surface area contributed by atoms with Crippen molar-refractivity contribution in [2.24, 2.45) is 0 Å². The van der Waals surface area contributed by atoms with Gasteiger partial charge in [0.2, 0.25) is 0 Å². The number of alkyl carbamates (subject to hydrolysis) is 1. The minimum absolute atomic E-state index is 0.125. The molecule has 2 N–H and O–H groups in total. The Morgan fingerprint density at radius 3 is 1.88 bits per heavy atom. The van der Waals surface area contributed by atoms with Gasteiger partial charge in [0, 0.05) is 19.9 Å². The Balaban J connectivity index is -0.000000188. The molecule has 0 fully saturated rings. The van der Waals surface area contributed by atoms with Crippen LogP contribution >= 0.6 is 0 Å². The number of hydrogen-bond acceptors (Lipinski definition) is 4. The highest BCUT2D eigenvalue weighted by molar-refractivity contribution is 5.78. The molecule has 0 aromatic carbocycles. The van der Waals surface area contributed by atoms with Crippen LogP contribution in [0, 0.1) is 0 Å². The first-order chi connectivity index (χ1) is 7.47. The second kappa shape index (κ2) is 16.3. The van der Waals surface area contributed by atoms with Crippen LogP contribution in [0.1, 0.15) is 40.5 Å². The number of amides is 1. The van der Waals surface area contributed by atoms with Gasteiger partial charge in [0.15, 0.2) is 0 Å². The van der Waals surface area contributed by atoms with Gasteiger partial charge >= 0.3 is 6.09 Å². The standard InChI is InChI=1S/C6H12O2.C3H7NO2.C2H6/c1-3-6(8)4-5(2)7;1-4-3(5)6-2;1-2/h5,7H,3-4H2,1-2H3;1-2H3,(H,4,5);1-2H3. The normalized spacial score (nSPS) is 9.69. The average molecular weight is 235 g/mol. The van der Waals surface area contributed by atoms with Crippen molar-refractivity contribution in [3.63, 3.8) is 0 Å². The van der Waals surface area contributed by atoms with E-state index >= 15 is 0 Å². The quantitative estimate of drug-likeness (QED) is 0.781. The third kappa shape index (κ3) is 23.1. The van der Waals surface area contributed by atoms with E-state index in [4.69, 9.17) is 5.11 Å². The molecule has 0 spiro atoms. The highest BCUT2D eigenvalue weighted by atomic mass is 16.5. The molecule has 0 bridgehead atoms. The summed E-state index contributed by atoms with van der Waals surface area (Å²) in [7, 11) is 2.82. The maximum Gasteiger partial charge on any atom is 0.406 e. The van der Waals surface area contributed by atoms with Crippen molar-refractivity contribution in [2.75, 3.05) is 14.2 Å². The second-order valence-electron chi connectivity index (χ2n) is 2.69. The van der Waals surface area contributed by atoms with Crippen molar-refractivity contribution in [3.05, 3.63) is 0 Å². The first kappa shape index (κ1) is 20.3. The number of carbonyl (C=O) groups is 2. The first-order valence-electron chi connectivity index (χ1n) is 5.43. The Hall–Kier alpha value is -1.10. The van der Waals surface area contributed by atoms with Gasteiger partial charge in [-0.25, -0.2) is 4.79 Å². The smallest absolute Gasteiger partial charge is 0.406 e. The van der Waals surface area contributed by atoms with Gasteiger partial charge < -0.3 is 15.2 Å². The number of hydrogen-bond donors (Lipinski definition) is 2. The average Bonchev–Trinajstić information content (AvgIpc) is 2.30. The Labute approximate surface area is 98.2 Å². The number of Topliss-reactive ketones (excluding diaryl/α,β-unsaturated/α-hetero) is 1. The first-order valence-corrected chi connectivity index (χ1v) is 5.43. The zero-order valence-corrected chi connectivity index (χ0v) is 11.2. The summed E-state index contributed by atoms with van der Waals surface area (Å²) < 4.78 is 4.15. The van der Waals surface area contributed by atoms with Gasteiger partial charge in [-0.05, 0) is 6.92 Å². The fourth-order valence-electron chi connectivity index (χ4n) is 0.576. The number of aliphatic hydroxyl groups is 1. The minimum Gasteiger partial charge on any atom is -0.453 e. The van der Waals surface area contributed by atoms with Gasteiger partial charge in [0.05, 0.1) is 13.2 Å². The number of nitrogens with one attached hydrogen (secondary N) is 1. The van der Waals surface area contributed by atoms with E-state index < -0.39 is 12.2 Å². The van der Waals surface area contributed by atoms with E-state index in [2.05, 4.69) is 10.1 Å². The molecule has 1 atom stereocenters. The maximum atomic E-state index is 10.5. The van der Waals surface area contributed by atoms with Crippen LogP contribution in [0.3, 0.4) is 0 Å². The lowest BCUT2D eigenvalue weighted by Gasteiger charge is -1.98. The van der Waals surface area contributed by atoms with E-state index in [1.54, 1.807) is 13.8 Å². The number of carbonyl (C=O) groups excluding carboxylic acids is 2. The molecule has 0 aliphatic rings. The molecule has 1 amide bonds. The molecule has 5 heteroatoms. The summed E-state index contributed by atoms with van der Waals surface area (Å²) in [6, 6.07) is 0. The molecule has 0 aromatic heterocycles. The number of ether oxygens (including phenoxy) is 1. The Morgan fingerprint density at radius 2 is 1.81 bits per heavy atom. The number of aliphatic hydroxyl groups excluding tert-OH is 1. The molecule has 0 aromatic rings. The molecular formula is C11H25NO4. The molecule has 98 valence electrons. The molecule has 0 saturated heterocycles. The Morgan fingerprint density at radius 1 is 1.38 bits per heavy atom. The van der Waals surface area contributed by atoms with Crippen molar-refractivity contribution in [1.29, 1.82) is 0 Å². The molecule has 16 heavy (non-hydrogen) atoms. The van der Waals surface area contributed by atoms with Crippen LogP contribution in [0.2, 0.25) is 0 Å². The van der Waals surface area contributed by atoms with Gasteiger partial charge in [-0.1, -0.05) is 20.8 Å². The summed E-state index contributed by atoms with van der Waals surface area (Å²) in [6.07, 6.45) is -0.0426. The van der Waals surface area contributed by atoms with Crippen LogP contribution in [-0.4, -0.2) is 37.2 Å². The second-order valence-corrected chi connectivity index (χ2v) is 2.69. The monoisotopic (exact) mass is 235 g/mol. The third-order valence-corrected chi connectivity index (χ3v) is 1.31. The minimum atomic E-state index is -0.470. The van der Waals surface area contributed by atoms with Gasteiger partial charge in [0.25, 0.3) is 0 Å². The van der Waals surface area contributed by atoms with Crippen molar-refractivity contribution in [2.45, 2.75) is 46.6 Å². The largest absolute Gasteiger partial charge is 0.453 e. The van der Waals surface area contributed by atoms with Gasteiger partial charge in [-0.15, -0.1) is 0 Å². The van der Waals surface area contributed by atoms with E-state index in [-0.39, 0.29) is 5.78 Å². The molecule has 0 aliphatic carbocycles. The fourth-order valence-corrected chi connectivity index (χ4v) is 0.576. The van der Waals surface area contributed by atoms with E-state index in [1.165, 1.54) is 14.2 Å². The summed E-state index contributed by atoms with van der Waals surface area (Å²) in [4.78, 5) is 20.3. The van der Waals surface area contributed by atoms with Crippen molar-refractivity contribution in [1.82, 2.24) is 5.32 Å². The summed E-state index contributed by atoms with van der Waals surface area (Å²) in [5, 5.41) is 10.9. The predicted molar refractivity (Wildman–Crippen MR) is 64.4 cm³/mol. The predicted octanol–water partition coefficient (Wildman–Crippen LogP) is 1.73. The van der Waals surface area contributed by atoms with Crippen molar-refractivity contribution >= 4 is 11.9 Å². The van der Waals surface area contributed by atoms with E-state index in [0.717, 1.165) is 0 Å². The highest BCUT2D eigenvalue weighted by Gasteiger charge is 2.01. The van der Waals surface area contributed by atoms with Gasteiger partial charge in [-0.3, -0.25) is 4.79 Å². The lowest BCUT2D eigenvalue weighted by Crippen LogP contribution is -2.16. The van der Waals surface area contributed by atoms with Crippen molar-refractivity contribution < 1.29 is 19.4 Å². The number of methoxy groups -OCH3 is 1. The van der Waals surface area contributed by atoms with Crippen LogP contribution in [-0.2, 0) is 9.53 Å². The third-order valence-electron chi connectivity index (χ3n) is 1.31. The topological polar surface area (TPSA) is 75.6 Å². The molecule has 5 nitrogen and oxygen atoms in total. The maximum absolute atomic E-state index is 10.5. The van der Waals surface area contributed by atoms with E-state index in [9.17, 15) is 9.59 Å². The molecule has 0 radical (unpaired) electrons. The Kier molecular flexibility index (Phi) is 20.8. The van der Waals surface area contributed by atoms with E-state index in [0.29, 0.717) is 12.8 Å². The zero-order chi connectivity index (χ0) is 13.6. The Bertz CT molecular complexity index is 163. The zero-order valence-electron chi connectivity index (χ0n) is 11.2. The lowest BCUT2D eigenvalue weighted by molar-refractivity contribution is -0.120. The SMILES string of the molecule is CC.CCC(=O)CC(C)O.CNC(=O)OC. The summed E-state index contributed by atoms with van der Waals surface area (Å²) in [5.41, 5.74) is 0. The summed E-state index contributed by atoms with van der Waals surface area (Å²) >= 11 is 0. The summed E-state index contributed by atoms with van der Waals surface area (Å²) in [5.74, 6) is 0.125. The number of rotatable bonds is 3.